The third-order valence-electron chi connectivity index (χ3n) is 3.83. The largest absolute Gasteiger partial charge is 0.352 e. The molecule has 2 heterocycles. The van der Waals surface area contributed by atoms with E-state index in [1.807, 2.05) is 0 Å². The van der Waals surface area contributed by atoms with Gasteiger partial charge in [-0.3, -0.25) is 0 Å². The first-order valence-electron chi connectivity index (χ1n) is 6.59. The van der Waals surface area contributed by atoms with Gasteiger partial charge >= 0.3 is 0 Å². The molecule has 5 nitrogen and oxygen atoms in total. The third kappa shape index (κ3) is 2.77. The van der Waals surface area contributed by atoms with Gasteiger partial charge in [0.15, 0.2) is 0 Å². The number of hydrogen-bond acceptors (Lipinski definition) is 4. The molecule has 1 aromatic heterocycles. The molecule has 1 fully saturated rings. The first-order valence-corrected chi connectivity index (χ1v) is 8.56. The summed E-state index contributed by atoms with van der Waals surface area (Å²) in [7, 11) is -0.403. The summed E-state index contributed by atoms with van der Waals surface area (Å²) in [5, 5.41) is 0. The Kier molecular flexibility index (Phi) is 4.56. The van der Waals surface area contributed by atoms with Crippen LogP contribution < -0.4 is 4.90 Å². The SMILES string of the molecule is CC1CCN(c2ccc(S(=O)(=O)N(C)C)cn2)C1CCl. The Labute approximate surface area is 125 Å². The smallest absolute Gasteiger partial charge is 0.244 e. The lowest BCUT2D eigenvalue weighted by Crippen LogP contribution is -2.34. The van der Waals surface area contributed by atoms with Crippen LogP contribution in [0, 0.1) is 5.92 Å². The molecular formula is C13H20ClN3O2S. The van der Waals surface area contributed by atoms with E-state index in [2.05, 4.69) is 16.8 Å². The fourth-order valence-corrected chi connectivity index (χ4v) is 3.75. The number of hydrogen-bond donors (Lipinski definition) is 0. The van der Waals surface area contributed by atoms with E-state index in [-0.39, 0.29) is 10.9 Å². The van der Waals surface area contributed by atoms with Crippen molar-refractivity contribution in [3.63, 3.8) is 0 Å². The Morgan fingerprint density at radius 2 is 2.15 bits per heavy atom. The Morgan fingerprint density at radius 3 is 2.65 bits per heavy atom. The number of pyridine rings is 1. The first kappa shape index (κ1) is 15.5. The van der Waals surface area contributed by atoms with Crippen molar-refractivity contribution in [3.05, 3.63) is 18.3 Å². The Balaban J connectivity index is 2.25. The van der Waals surface area contributed by atoms with Crippen molar-refractivity contribution in [2.45, 2.75) is 24.3 Å². The number of rotatable bonds is 4. The van der Waals surface area contributed by atoms with Crippen LogP contribution in [0.2, 0.25) is 0 Å². The van der Waals surface area contributed by atoms with Crippen LogP contribution in [0.3, 0.4) is 0 Å². The average Bonchev–Trinajstić information content (AvgIpc) is 2.79. The van der Waals surface area contributed by atoms with Gasteiger partial charge in [0.2, 0.25) is 10.0 Å². The highest BCUT2D eigenvalue weighted by Gasteiger charge is 2.31. The maximum Gasteiger partial charge on any atom is 0.244 e. The fourth-order valence-electron chi connectivity index (χ4n) is 2.43. The summed E-state index contributed by atoms with van der Waals surface area (Å²) in [6.07, 6.45) is 2.50. The Hall–Kier alpha value is -0.850. The van der Waals surface area contributed by atoms with Crippen LogP contribution in [0.4, 0.5) is 5.82 Å². The fraction of sp³-hybridized carbons (Fsp3) is 0.615. The molecular weight excluding hydrogens is 298 g/mol. The van der Waals surface area contributed by atoms with Crippen LogP contribution in [0.5, 0.6) is 0 Å². The summed E-state index contributed by atoms with van der Waals surface area (Å²) in [6.45, 7) is 3.09. The second-order valence-electron chi connectivity index (χ2n) is 5.32. The quantitative estimate of drug-likeness (QED) is 0.794. The van der Waals surface area contributed by atoms with E-state index in [4.69, 9.17) is 11.6 Å². The molecule has 1 aromatic rings. The number of aromatic nitrogens is 1. The van der Waals surface area contributed by atoms with Gasteiger partial charge in [0, 0.05) is 38.8 Å². The summed E-state index contributed by atoms with van der Waals surface area (Å²) >= 11 is 6.02. The molecule has 112 valence electrons. The minimum absolute atomic E-state index is 0.209. The van der Waals surface area contributed by atoms with Gasteiger partial charge in [-0.1, -0.05) is 6.92 Å². The lowest BCUT2D eigenvalue weighted by Gasteiger charge is -2.26. The summed E-state index contributed by atoms with van der Waals surface area (Å²) in [4.78, 5) is 6.67. The number of sulfonamides is 1. The van der Waals surface area contributed by atoms with E-state index in [0.29, 0.717) is 11.8 Å². The average molecular weight is 318 g/mol. The van der Waals surface area contributed by atoms with Crippen molar-refractivity contribution in [1.82, 2.24) is 9.29 Å². The molecule has 0 radical (unpaired) electrons. The van der Waals surface area contributed by atoms with Gasteiger partial charge in [-0.25, -0.2) is 17.7 Å². The van der Waals surface area contributed by atoms with Crippen LogP contribution in [-0.4, -0.2) is 50.3 Å². The summed E-state index contributed by atoms with van der Waals surface area (Å²) < 4.78 is 25.2. The standard InChI is InChI=1S/C13H20ClN3O2S/c1-10-6-7-17(12(10)8-14)13-5-4-11(9-15-13)20(18,19)16(2)3/h4-5,9-10,12H,6-8H2,1-3H3. The highest BCUT2D eigenvalue weighted by Crippen LogP contribution is 2.29. The maximum absolute atomic E-state index is 12.0. The second-order valence-corrected chi connectivity index (χ2v) is 7.78. The lowest BCUT2D eigenvalue weighted by molar-refractivity contribution is 0.520. The third-order valence-corrected chi connectivity index (χ3v) is 5.95. The molecule has 0 spiro atoms. The van der Waals surface area contributed by atoms with Gasteiger partial charge in [-0.2, -0.15) is 0 Å². The molecule has 1 saturated heterocycles. The van der Waals surface area contributed by atoms with Crippen molar-refractivity contribution < 1.29 is 8.42 Å². The van der Waals surface area contributed by atoms with Crippen LogP contribution in [0.1, 0.15) is 13.3 Å². The molecule has 1 aliphatic heterocycles. The molecule has 1 aliphatic rings. The molecule has 0 saturated carbocycles. The van der Waals surface area contributed by atoms with E-state index in [9.17, 15) is 8.42 Å². The number of halogens is 1. The van der Waals surface area contributed by atoms with Crippen molar-refractivity contribution in [3.8, 4) is 0 Å². The highest BCUT2D eigenvalue weighted by atomic mass is 35.5. The zero-order valence-corrected chi connectivity index (χ0v) is 13.5. The summed E-state index contributed by atoms with van der Waals surface area (Å²) in [5.74, 6) is 1.87. The molecule has 2 unspecified atom stereocenters. The molecule has 0 aromatic carbocycles. The molecule has 7 heteroatoms. The maximum atomic E-state index is 12.0. The molecule has 0 amide bonds. The Bertz CT molecular complexity index is 559. The second kappa shape index (κ2) is 5.87. The normalized spacial score (nSPS) is 23.6. The lowest BCUT2D eigenvalue weighted by atomic mass is 10.1. The molecule has 2 atom stereocenters. The van der Waals surface area contributed by atoms with E-state index in [1.165, 1.54) is 24.6 Å². The Morgan fingerprint density at radius 1 is 1.45 bits per heavy atom. The molecule has 0 N–H and O–H groups in total. The van der Waals surface area contributed by atoms with E-state index in [0.717, 1.165) is 18.8 Å². The predicted molar refractivity (Wildman–Crippen MR) is 80.7 cm³/mol. The zero-order chi connectivity index (χ0) is 14.9. The van der Waals surface area contributed by atoms with E-state index in [1.54, 1.807) is 12.1 Å². The predicted octanol–water partition coefficient (Wildman–Crippen LogP) is 1.79. The number of nitrogens with zero attached hydrogens (tertiary/aromatic N) is 3. The molecule has 0 aliphatic carbocycles. The minimum Gasteiger partial charge on any atom is -0.352 e. The molecule has 20 heavy (non-hydrogen) atoms. The summed E-state index contributed by atoms with van der Waals surface area (Å²) in [5.41, 5.74) is 0. The van der Waals surface area contributed by atoms with Crippen LogP contribution in [0.25, 0.3) is 0 Å². The first-order chi connectivity index (χ1) is 9.37. The van der Waals surface area contributed by atoms with Gasteiger partial charge in [-0.05, 0) is 24.5 Å². The van der Waals surface area contributed by atoms with Gasteiger partial charge in [0.05, 0.1) is 0 Å². The van der Waals surface area contributed by atoms with Crippen molar-refractivity contribution >= 4 is 27.4 Å². The van der Waals surface area contributed by atoms with Gasteiger partial charge in [0.25, 0.3) is 0 Å². The zero-order valence-electron chi connectivity index (χ0n) is 12.0. The van der Waals surface area contributed by atoms with Crippen molar-refractivity contribution in [2.24, 2.45) is 5.92 Å². The van der Waals surface area contributed by atoms with Crippen LogP contribution in [0.15, 0.2) is 23.2 Å². The van der Waals surface area contributed by atoms with E-state index >= 15 is 0 Å². The monoisotopic (exact) mass is 317 g/mol. The van der Waals surface area contributed by atoms with E-state index < -0.39 is 10.0 Å². The molecule has 0 bridgehead atoms. The minimum atomic E-state index is -3.42. The topological polar surface area (TPSA) is 53.5 Å². The van der Waals surface area contributed by atoms with Gasteiger partial charge in [-0.15, -0.1) is 11.6 Å². The van der Waals surface area contributed by atoms with Crippen molar-refractivity contribution in [2.75, 3.05) is 31.4 Å². The molecule has 2 rings (SSSR count). The van der Waals surface area contributed by atoms with Gasteiger partial charge in [0.1, 0.15) is 10.7 Å². The van der Waals surface area contributed by atoms with Gasteiger partial charge < -0.3 is 4.90 Å². The van der Waals surface area contributed by atoms with Crippen LogP contribution >= 0.6 is 11.6 Å². The highest BCUT2D eigenvalue weighted by molar-refractivity contribution is 7.89. The van der Waals surface area contributed by atoms with Crippen molar-refractivity contribution in [1.29, 1.82) is 0 Å². The number of alkyl halides is 1. The summed E-state index contributed by atoms with van der Waals surface area (Å²) in [6, 6.07) is 3.63. The van der Waals surface area contributed by atoms with Crippen LogP contribution in [-0.2, 0) is 10.0 Å². The number of anilines is 1.